The van der Waals surface area contributed by atoms with E-state index in [9.17, 15) is 0 Å². The lowest BCUT2D eigenvalue weighted by atomic mass is 9.72. The molecule has 0 bridgehead atoms. The highest BCUT2D eigenvalue weighted by Gasteiger charge is 2.49. The number of anilines is 3. The zero-order valence-electron chi connectivity index (χ0n) is 40.4. The van der Waals surface area contributed by atoms with Gasteiger partial charge in [-0.15, -0.1) is 11.3 Å². The van der Waals surface area contributed by atoms with E-state index in [4.69, 9.17) is 4.42 Å². The van der Waals surface area contributed by atoms with Crippen molar-refractivity contribution in [1.29, 1.82) is 0 Å². The molecule has 15 rings (SSSR count). The highest BCUT2D eigenvalue weighted by atomic mass is 32.1. The van der Waals surface area contributed by atoms with E-state index in [-0.39, 0.29) is 21.7 Å². The molecule has 9 aromatic carbocycles. The number of rotatable bonds is 3. The van der Waals surface area contributed by atoms with Gasteiger partial charge < -0.3 is 9.32 Å². The summed E-state index contributed by atoms with van der Waals surface area (Å²) in [6, 6.07) is 62.1. The second-order valence-corrected chi connectivity index (χ2v) is 23.5. The molecule has 2 heterocycles. The summed E-state index contributed by atoms with van der Waals surface area (Å²) in [5.41, 5.74) is 26.5. The van der Waals surface area contributed by atoms with Gasteiger partial charge in [-0.25, -0.2) is 0 Å². The summed E-state index contributed by atoms with van der Waals surface area (Å²) in [5, 5.41) is 5.19. The van der Waals surface area contributed by atoms with E-state index >= 15 is 0 Å². The second kappa shape index (κ2) is 12.9. The summed E-state index contributed by atoms with van der Waals surface area (Å²) in [6.07, 6.45) is 0. The van der Waals surface area contributed by atoms with Crippen molar-refractivity contribution in [3.63, 3.8) is 0 Å². The number of hydrogen-bond donors (Lipinski definition) is 0. The molecule has 332 valence electrons. The van der Waals surface area contributed by atoms with Gasteiger partial charge in [0.05, 0.1) is 0 Å². The van der Waals surface area contributed by atoms with E-state index in [1.807, 2.05) is 11.3 Å². The Morgan fingerprint density at radius 3 is 1.74 bits per heavy atom. The van der Waals surface area contributed by atoms with Gasteiger partial charge in [-0.05, 0) is 150 Å². The Balaban J connectivity index is 0.907. The molecular formula is C66H51NOS. The van der Waals surface area contributed by atoms with Crippen LogP contribution in [0.4, 0.5) is 17.1 Å². The SMILES string of the molecule is CC1(C)c2cc(N(c3ccccc3)c3ccc4c(c3)C(C)(C)c3c5c(c6oc7ccccc7c6c3-4)-c3ccccc3C5(C)C)ccc2-c2cc3c(cc21)-c1c(ccc2sc4ccccc4c12)C3(C)C. The molecule has 2 aromatic heterocycles. The number of nitrogens with zero attached hydrogens (tertiary/aromatic N) is 1. The second-order valence-electron chi connectivity index (χ2n) is 22.4. The van der Waals surface area contributed by atoms with E-state index in [0.29, 0.717) is 0 Å². The van der Waals surface area contributed by atoms with Crippen LogP contribution in [0.25, 0.3) is 86.6 Å². The Morgan fingerprint density at radius 2 is 0.942 bits per heavy atom. The van der Waals surface area contributed by atoms with Crippen LogP contribution in [-0.4, -0.2) is 0 Å². The average Bonchev–Trinajstić information content (AvgIpc) is 4.14. The Morgan fingerprint density at radius 1 is 0.362 bits per heavy atom. The molecule has 0 spiro atoms. The smallest absolute Gasteiger partial charge is 0.144 e. The fourth-order valence-corrected chi connectivity index (χ4v) is 15.2. The third-order valence-corrected chi connectivity index (χ3v) is 18.5. The summed E-state index contributed by atoms with van der Waals surface area (Å²) in [5.74, 6) is 0. The van der Waals surface area contributed by atoms with Gasteiger partial charge in [0.25, 0.3) is 0 Å². The Kier molecular flexibility index (Phi) is 7.44. The molecule has 0 saturated carbocycles. The minimum atomic E-state index is -0.297. The zero-order valence-corrected chi connectivity index (χ0v) is 41.2. The molecule has 0 fully saturated rings. The maximum Gasteiger partial charge on any atom is 0.144 e. The fraction of sp³-hybridized carbons (Fsp3) is 0.182. The molecule has 0 aliphatic heterocycles. The predicted molar refractivity (Wildman–Crippen MR) is 292 cm³/mol. The van der Waals surface area contributed by atoms with Gasteiger partial charge in [0, 0.05) is 75.2 Å². The Labute approximate surface area is 407 Å². The van der Waals surface area contributed by atoms with Gasteiger partial charge in [-0.1, -0.05) is 152 Å². The fourth-order valence-electron chi connectivity index (χ4n) is 14.1. The maximum absolute atomic E-state index is 6.98. The summed E-state index contributed by atoms with van der Waals surface area (Å²) in [6.45, 7) is 19.5. The standard InChI is InChI=1S/C66H51NOS/c1-63(2)47-30-31-54-56(43-22-14-17-25-53(43)69-54)55(47)45-35-50-44(34-51(45)63)39-28-26-37(32-48(39)64(50,3)4)67(36-18-10-9-11-19-36)38-27-29-41-49(33-38)66(7,8)60-57(41)58-42-21-13-16-24-52(42)68-62(58)59-40-20-12-15-23-46(40)65(5,6)61(59)60/h9-35H,1-8H3. The van der Waals surface area contributed by atoms with Crippen LogP contribution in [-0.2, 0) is 21.7 Å². The number of para-hydroxylation sites is 2. The number of fused-ring (bicyclic) bond motifs is 22. The van der Waals surface area contributed by atoms with E-state index in [1.54, 1.807) is 0 Å². The van der Waals surface area contributed by atoms with Crippen LogP contribution in [0.1, 0.15) is 99.9 Å². The molecule has 0 atom stereocenters. The van der Waals surface area contributed by atoms with Gasteiger partial charge in [-0.3, -0.25) is 0 Å². The quantitative estimate of drug-likeness (QED) is 0.176. The molecule has 0 unspecified atom stereocenters. The van der Waals surface area contributed by atoms with Gasteiger partial charge >= 0.3 is 0 Å². The lowest BCUT2D eigenvalue weighted by Crippen LogP contribution is -2.24. The third-order valence-electron chi connectivity index (χ3n) is 17.4. The predicted octanol–water partition coefficient (Wildman–Crippen LogP) is 18.6. The highest BCUT2D eigenvalue weighted by molar-refractivity contribution is 7.26. The number of thiophene rings is 1. The minimum Gasteiger partial charge on any atom is -0.455 e. The lowest BCUT2D eigenvalue weighted by Gasteiger charge is -2.32. The first-order chi connectivity index (χ1) is 33.3. The van der Waals surface area contributed by atoms with E-state index in [2.05, 4.69) is 224 Å². The molecule has 0 amide bonds. The molecular weight excluding hydrogens is 855 g/mol. The van der Waals surface area contributed by atoms with Gasteiger partial charge in [0.2, 0.25) is 0 Å². The minimum absolute atomic E-state index is 0.120. The van der Waals surface area contributed by atoms with E-state index in [1.165, 1.54) is 126 Å². The topological polar surface area (TPSA) is 16.4 Å². The highest BCUT2D eigenvalue weighted by Crippen LogP contribution is 2.64. The molecule has 3 heteroatoms. The van der Waals surface area contributed by atoms with E-state index in [0.717, 1.165) is 22.5 Å². The Bertz CT molecular complexity index is 4130. The van der Waals surface area contributed by atoms with Crippen LogP contribution in [0.5, 0.6) is 0 Å². The number of furan rings is 1. The number of hydrogen-bond acceptors (Lipinski definition) is 3. The van der Waals surface area contributed by atoms with Crippen LogP contribution in [0.15, 0.2) is 168 Å². The largest absolute Gasteiger partial charge is 0.455 e. The van der Waals surface area contributed by atoms with Gasteiger partial charge in [0.1, 0.15) is 11.2 Å². The molecule has 4 aliphatic rings. The molecule has 0 saturated heterocycles. The van der Waals surface area contributed by atoms with Crippen molar-refractivity contribution in [3.8, 4) is 44.5 Å². The van der Waals surface area contributed by atoms with Crippen LogP contribution in [0.3, 0.4) is 0 Å². The summed E-state index contributed by atoms with van der Waals surface area (Å²) < 4.78 is 9.70. The van der Waals surface area contributed by atoms with Crippen molar-refractivity contribution < 1.29 is 4.42 Å². The summed E-state index contributed by atoms with van der Waals surface area (Å²) >= 11 is 1.92. The van der Waals surface area contributed by atoms with Crippen LogP contribution < -0.4 is 4.90 Å². The van der Waals surface area contributed by atoms with Crippen molar-refractivity contribution >= 4 is 70.5 Å². The van der Waals surface area contributed by atoms with Crippen molar-refractivity contribution in [2.24, 2.45) is 0 Å². The molecule has 0 radical (unpaired) electrons. The van der Waals surface area contributed by atoms with Crippen molar-refractivity contribution in [3.05, 3.63) is 208 Å². The molecule has 11 aromatic rings. The first-order valence-electron chi connectivity index (χ1n) is 24.7. The van der Waals surface area contributed by atoms with Gasteiger partial charge in [0.15, 0.2) is 0 Å². The molecule has 69 heavy (non-hydrogen) atoms. The van der Waals surface area contributed by atoms with E-state index < -0.39 is 0 Å². The summed E-state index contributed by atoms with van der Waals surface area (Å²) in [7, 11) is 0. The monoisotopic (exact) mass is 905 g/mol. The van der Waals surface area contributed by atoms with Crippen LogP contribution in [0.2, 0.25) is 0 Å². The lowest BCUT2D eigenvalue weighted by molar-refractivity contribution is 0.600. The van der Waals surface area contributed by atoms with Crippen molar-refractivity contribution in [2.45, 2.75) is 77.0 Å². The maximum atomic E-state index is 6.98. The first kappa shape index (κ1) is 39.8. The molecule has 0 N–H and O–H groups in total. The number of benzene rings is 9. The first-order valence-corrected chi connectivity index (χ1v) is 25.5. The molecule has 2 nitrogen and oxygen atoms in total. The van der Waals surface area contributed by atoms with Crippen molar-refractivity contribution in [1.82, 2.24) is 0 Å². The van der Waals surface area contributed by atoms with Crippen LogP contribution in [0, 0.1) is 0 Å². The molecule has 4 aliphatic carbocycles. The Hall–Kier alpha value is -7.20. The van der Waals surface area contributed by atoms with Gasteiger partial charge in [-0.2, -0.15) is 0 Å². The van der Waals surface area contributed by atoms with Crippen molar-refractivity contribution in [2.75, 3.05) is 4.90 Å². The third kappa shape index (κ3) is 4.82. The zero-order chi connectivity index (χ0) is 46.7. The van der Waals surface area contributed by atoms with Crippen LogP contribution >= 0.6 is 11.3 Å². The normalized spacial score (nSPS) is 16.6. The average molecular weight is 906 g/mol. The summed E-state index contributed by atoms with van der Waals surface area (Å²) in [4.78, 5) is 2.49.